The van der Waals surface area contributed by atoms with Gasteiger partial charge in [0.05, 0.1) is 11.7 Å². The molecule has 0 radical (unpaired) electrons. The number of amides is 1. The van der Waals surface area contributed by atoms with Crippen LogP contribution in [0.1, 0.15) is 36.3 Å². The number of rotatable bonds is 9. The van der Waals surface area contributed by atoms with E-state index in [0.29, 0.717) is 24.4 Å². The second-order valence-corrected chi connectivity index (χ2v) is 9.14. The van der Waals surface area contributed by atoms with Gasteiger partial charge in [0, 0.05) is 16.6 Å². The zero-order chi connectivity index (χ0) is 23.2. The zero-order valence-corrected chi connectivity index (χ0v) is 19.4. The Morgan fingerprint density at radius 1 is 1.33 bits per heavy atom. The highest BCUT2D eigenvalue weighted by Gasteiger charge is 2.23. The van der Waals surface area contributed by atoms with E-state index in [1.807, 2.05) is 47.9 Å². The van der Waals surface area contributed by atoms with E-state index >= 15 is 0 Å². The molecule has 4 rings (SSSR count). The van der Waals surface area contributed by atoms with E-state index in [4.69, 9.17) is 14.1 Å². The van der Waals surface area contributed by atoms with Gasteiger partial charge in [0.2, 0.25) is 11.8 Å². The van der Waals surface area contributed by atoms with Crippen molar-refractivity contribution in [2.24, 2.45) is 5.92 Å². The number of nitrogens with one attached hydrogen (secondary N) is 2. The number of allylic oxidation sites excluding steroid dienone is 3. The molecule has 0 fully saturated rings. The van der Waals surface area contributed by atoms with Crippen molar-refractivity contribution in [3.63, 3.8) is 0 Å². The van der Waals surface area contributed by atoms with Crippen molar-refractivity contribution < 1.29 is 18.1 Å². The maximum absolute atomic E-state index is 12.7. The van der Waals surface area contributed by atoms with Gasteiger partial charge in [-0.15, -0.1) is 11.3 Å². The monoisotopic (exact) mass is 485 g/mol. The van der Waals surface area contributed by atoms with Crippen molar-refractivity contribution in [2.75, 3.05) is 0 Å². The van der Waals surface area contributed by atoms with Gasteiger partial charge in [0.15, 0.2) is 5.82 Å². The molecule has 1 amide bonds. The SMILES string of the molecule is Cc1noc(CC(=O)N[C@@H](CC2C=CC(NS(=O)O)=CC2)c2csc(-c3ccccc3)n2)n1. The zero-order valence-electron chi connectivity index (χ0n) is 17.8. The summed E-state index contributed by atoms with van der Waals surface area (Å²) in [5, 5.41) is 9.64. The first kappa shape index (κ1) is 23.0. The summed E-state index contributed by atoms with van der Waals surface area (Å²) in [5.41, 5.74) is 2.40. The Hall–Kier alpha value is -3.15. The van der Waals surface area contributed by atoms with Crippen LogP contribution in [0.3, 0.4) is 0 Å². The van der Waals surface area contributed by atoms with Crippen molar-refractivity contribution in [3.05, 3.63) is 77.0 Å². The van der Waals surface area contributed by atoms with Gasteiger partial charge in [-0.3, -0.25) is 14.1 Å². The van der Waals surface area contributed by atoms with E-state index in [9.17, 15) is 9.00 Å². The van der Waals surface area contributed by atoms with Gasteiger partial charge >= 0.3 is 0 Å². The Morgan fingerprint density at radius 3 is 2.82 bits per heavy atom. The summed E-state index contributed by atoms with van der Waals surface area (Å²) in [6, 6.07) is 9.57. The average Bonchev–Trinajstić information content (AvgIpc) is 3.44. The first-order chi connectivity index (χ1) is 16.0. The minimum Gasteiger partial charge on any atom is -0.347 e. The molecule has 2 aromatic heterocycles. The van der Waals surface area contributed by atoms with Crippen molar-refractivity contribution in [3.8, 4) is 10.6 Å². The van der Waals surface area contributed by atoms with Crippen molar-refractivity contribution >= 4 is 28.5 Å². The summed E-state index contributed by atoms with van der Waals surface area (Å²) >= 11 is -0.581. The summed E-state index contributed by atoms with van der Waals surface area (Å²) in [6.45, 7) is 1.70. The molecule has 1 aliphatic carbocycles. The highest BCUT2D eigenvalue weighted by atomic mass is 32.2. The lowest BCUT2D eigenvalue weighted by molar-refractivity contribution is -0.121. The minimum atomic E-state index is -2.11. The second kappa shape index (κ2) is 10.6. The molecule has 3 atom stereocenters. The number of hydrogen-bond donors (Lipinski definition) is 3. The van der Waals surface area contributed by atoms with Crippen LogP contribution in [-0.4, -0.2) is 29.8 Å². The molecule has 0 bridgehead atoms. The standard InChI is InChI=1S/C22H23N5O4S2/c1-14-23-21(31-26-14)12-20(28)24-18(11-15-7-9-17(10-8-15)27-33(29)30)19-13-32-22(25-19)16-5-3-2-4-6-16/h2-7,9-10,13,15,18,27H,8,11-12H2,1H3,(H,24,28)(H,29,30)/t15?,18-/m0/s1. The van der Waals surface area contributed by atoms with Gasteiger partial charge in [-0.2, -0.15) is 4.98 Å². The van der Waals surface area contributed by atoms with E-state index in [1.165, 1.54) is 11.3 Å². The van der Waals surface area contributed by atoms with E-state index in [-0.39, 0.29) is 30.2 Å². The highest BCUT2D eigenvalue weighted by Crippen LogP contribution is 2.31. The Morgan fingerprint density at radius 2 is 2.15 bits per heavy atom. The van der Waals surface area contributed by atoms with Crippen LogP contribution in [0.5, 0.6) is 0 Å². The number of aryl methyl sites for hydroxylation is 1. The van der Waals surface area contributed by atoms with E-state index < -0.39 is 11.3 Å². The van der Waals surface area contributed by atoms with E-state index in [1.54, 1.807) is 13.0 Å². The molecule has 9 nitrogen and oxygen atoms in total. The number of thiazole rings is 1. The predicted octanol–water partition coefficient (Wildman–Crippen LogP) is 3.48. The van der Waals surface area contributed by atoms with Crippen molar-refractivity contribution in [2.45, 2.75) is 32.2 Å². The lowest BCUT2D eigenvalue weighted by atomic mass is 9.91. The van der Waals surface area contributed by atoms with Crippen LogP contribution in [0.2, 0.25) is 0 Å². The maximum Gasteiger partial charge on any atom is 0.259 e. The number of carbonyl (C=O) groups excluding carboxylic acids is 1. The van der Waals surface area contributed by atoms with Gasteiger partial charge in [-0.1, -0.05) is 47.6 Å². The summed E-state index contributed by atoms with van der Waals surface area (Å²) in [4.78, 5) is 21.6. The van der Waals surface area contributed by atoms with Gasteiger partial charge < -0.3 is 9.84 Å². The van der Waals surface area contributed by atoms with Gasteiger partial charge in [-0.25, -0.2) is 9.19 Å². The molecule has 3 N–H and O–H groups in total. The topological polar surface area (TPSA) is 130 Å². The minimum absolute atomic E-state index is 0.0101. The third-order valence-electron chi connectivity index (χ3n) is 5.05. The largest absolute Gasteiger partial charge is 0.347 e. The van der Waals surface area contributed by atoms with Gasteiger partial charge in [-0.05, 0) is 31.8 Å². The summed E-state index contributed by atoms with van der Waals surface area (Å²) < 4.78 is 27.5. The average molecular weight is 486 g/mol. The molecule has 3 aromatic rings. The number of carbonyl (C=O) groups is 1. The number of benzene rings is 1. The van der Waals surface area contributed by atoms with Gasteiger partial charge in [0.25, 0.3) is 11.3 Å². The molecular formula is C22H23N5O4S2. The first-order valence-corrected chi connectivity index (χ1v) is 12.3. The molecule has 0 saturated carbocycles. The van der Waals surface area contributed by atoms with Crippen LogP contribution in [0.15, 0.2) is 64.2 Å². The predicted molar refractivity (Wildman–Crippen MR) is 125 cm³/mol. The van der Waals surface area contributed by atoms with Crippen LogP contribution in [0.4, 0.5) is 0 Å². The Labute approximate surface area is 197 Å². The summed E-state index contributed by atoms with van der Waals surface area (Å²) in [5.74, 6) is 0.640. The van der Waals surface area contributed by atoms with Crippen molar-refractivity contribution in [1.29, 1.82) is 0 Å². The summed E-state index contributed by atoms with van der Waals surface area (Å²) in [6.07, 6.45) is 6.90. The highest BCUT2D eigenvalue weighted by molar-refractivity contribution is 7.77. The lowest BCUT2D eigenvalue weighted by Gasteiger charge is -2.23. The fourth-order valence-electron chi connectivity index (χ4n) is 3.53. The molecule has 2 unspecified atom stereocenters. The Balaban J connectivity index is 1.49. The first-order valence-electron chi connectivity index (χ1n) is 10.3. The fourth-order valence-corrected chi connectivity index (χ4v) is 4.76. The summed E-state index contributed by atoms with van der Waals surface area (Å²) in [7, 11) is 0. The molecule has 2 heterocycles. The smallest absolute Gasteiger partial charge is 0.259 e. The second-order valence-electron chi connectivity index (χ2n) is 7.58. The quantitative estimate of drug-likeness (QED) is 0.396. The lowest BCUT2D eigenvalue weighted by Crippen LogP contribution is -2.31. The van der Waals surface area contributed by atoms with Crippen LogP contribution in [0.25, 0.3) is 10.6 Å². The molecule has 172 valence electrons. The molecule has 1 aliphatic rings. The molecule has 0 spiro atoms. The molecule has 0 saturated heterocycles. The third-order valence-corrected chi connectivity index (χ3v) is 6.37. The third kappa shape index (κ3) is 6.44. The van der Waals surface area contributed by atoms with Gasteiger partial charge in [0.1, 0.15) is 11.4 Å². The molecule has 33 heavy (non-hydrogen) atoms. The van der Waals surface area contributed by atoms with Crippen LogP contribution < -0.4 is 10.0 Å². The van der Waals surface area contributed by atoms with Crippen LogP contribution >= 0.6 is 11.3 Å². The molecule has 1 aromatic carbocycles. The Kier molecular flexibility index (Phi) is 7.43. The Bertz CT molecular complexity index is 1190. The van der Waals surface area contributed by atoms with Crippen LogP contribution in [-0.2, 0) is 22.5 Å². The van der Waals surface area contributed by atoms with Crippen molar-refractivity contribution in [1.82, 2.24) is 25.2 Å². The fraction of sp³-hybridized carbons (Fsp3) is 0.273. The number of aromatic nitrogens is 3. The normalized spacial score (nSPS) is 17.3. The van der Waals surface area contributed by atoms with E-state index in [2.05, 4.69) is 20.2 Å². The van der Waals surface area contributed by atoms with Crippen LogP contribution in [0, 0.1) is 12.8 Å². The van der Waals surface area contributed by atoms with E-state index in [0.717, 1.165) is 16.3 Å². The number of nitrogens with zero attached hydrogens (tertiary/aromatic N) is 3. The molecular weight excluding hydrogens is 462 g/mol. The molecule has 11 heteroatoms. The molecule has 0 aliphatic heterocycles. The number of hydrogen-bond acceptors (Lipinski definition) is 7. The maximum atomic E-state index is 12.7.